The Morgan fingerprint density at radius 2 is 1.71 bits per heavy atom. The molecule has 0 radical (unpaired) electrons. The lowest BCUT2D eigenvalue weighted by Gasteiger charge is -2.40. The molecule has 9 nitrogen and oxygen atoms in total. The fourth-order valence-corrected chi connectivity index (χ4v) is 4.82. The second-order valence-corrected chi connectivity index (χ2v) is 10.4. The van der Waals surface area contributed by atoms with Gasteiger partial charge in [-0.2, -0.15) is 5.10 Å². The average molecular weight is 522 g/mol. The molecule has 0 aliphatic carbocycles. The molecule has 2 aromatic rings. The van der Waals surface area contributed by atoms with Gasteiger partial charge in [0.05, 0.1) is 24.5 Å². The molecule has 0 aromatic heterocycles. The van der Waals surface area contributed by atoms with Crippen LogP contribution >= 0.6 is 0 Å². The summed E-state index contributed by atoms with van der Waals surface area (Å²) in [5, 5.41) is 8.67. The van der Waals surface area contributed by atoms with Crippen LogP contribution in [-0.2, 0) is 32.1 Å². The van der Waals surface area contributed by atoms with E-state index in [9.17, 15) is 14.4 Å². The van der Waals surface area contributed by atoms with Crippen LogP contribution < -0.4 is 11.1 Å². The molecular weight excluding hydrogens is 482 g/mol. The Morgan fingerprint density at radius 1 is 1.11 bits per heavy atom. The highest BCUT2D eigenvalue weighted by atomic mass is 16.5. The summed E-state index contributed by atoms with van der Waals surface area (Å²) in [6.45, 7) is 4.02. The van der Waals surface area contributed by atoms with Crippen LogP contribution in [0.15, 0.2) is 65.8 Å². The van der Waals surface area contributed by atoms with Crippen molar-refractivity contribution >= 4 is 23.4 Å². The molecule has 2 atom stereocenters. The van der Waals surface area contributed by atoms with Crippen LogP contribution in [0.4, 0.5) is 0 Å². The number of nitrogens with one attached hydrogen (secondary N) is 1. The molecule has 0 saturated carbocycles. The number of hydrazone groups is 1. The first-order chi connectivity index (χ1) is 17.6. The fraction of sp³-hybridized carbons (Fsp3) is 0.448. The molecule has 0 spiro atoms. The number of ether oxygens (including phenoxy) is 1. The van der Waals surface area contributed by atoms with E-state index >= 15 is 0 Å². The maximum absolute atomic E-state index is 13.8. The number of nitrogens with zero attached hydrogens (tertiary/aromatic N) is 3. The van der Waals surface area contributed by atoms with E-state index in [1.807, 2.05) is 60.7 Å². The lowest BCUT2D eigenvalue weighted by Crippen LogP contribution is -2.61. The van der Waals surface area contributed by atoms with Crippen molar-refractivity contribution in [2.45, 2.75) is 52.3 Å². The van der Waals surface area contributed by atoms with E-state index in [1.54, 1.807) is 25.8 Å². The van der Waals surface area contributed by atoms with E-state index in [1.165, 1.54) is 5.01 Å². The van der Waals surface area contributed by atoms with Gasteiger partial charge in [-0.3, -0.25) is 14.4 Å². The van der Waals surface area contributed by atoms with E-state index < -0.39 is 22.9 Å². The summed E-state index contributed by atoms with van der Waals surface area (Å²) in [7, 11) is 1.65. The first-order valence-corrected chi connectivity index (χ1v) is 12.5. The van der Waals surface area contributed by atoms with Gasteiger partial charge in [-0.05, 0) is 31.4 Å². The van der Waals surface area contributed by atoms with Crippen molar-refractivity contribution < 1.29 is 19.1 Å². The molecule has 9 heteroatoms. The number of carbonyl (C=O) groups is 3. The quantitative estimate of drug-likeness (QED) is 0.525. The second-order valence-electron chi connectivity index (χ2n) is 10.4. The highest BCUT2D eigenvalue weighted by molar-refractivity contribution is 6.13. The lowest BCUT2D eigenvalue weighted by atomic mass is 9.73. The Bertz CT molecular complexity index is 1160. The van der Waals surface area contributed by atoms with Crippen molar-refractivity contribution in [2.24, 2.45) is 16.3 Å². The molecule has 2 aromatic carbocycles. The highest BCUT2D eigenvalue weighted by Gasteiger charge is 2.54. The van der Waals surface area contributed by atoms with E-state index in [0.29, 0.717) is 26.0 Å². The van der Waals surface area contributed by atoms with E-state index in [0.717, 1.165) is 16.8 Å². The predicted octanol–water partition coefficient (Wildman–Crippen LogP) is 2.35. The molecule has 204 valence electrons. The van der Waals surface area contributed by atoms with Gasteiger partial charge in [0, 0.05) is 26.6 Å². The zero-order valence-corrected chi connectivity index (χ0v) is 21.6. The number of hydrogen-bond donors (Lipinski definition) is 2. The molecule has 1 saturated heterocycles. The Hall–Kier alpha value is -3.56. The van der Waals surface area contributed by atoms with Gasteiger partial charge < -0.3 is 20.7 Å². The van der Waals surface area contributed by atoms with Gasteiger partial charge in [-0.25, -0.2) is 5.01 Å². The smallest absolute Gasteiger partial charge is 0.256 e. The molecule has 3 amide bonds. The third kappa shape index (κ3) is 6.28. The standard InChI is InChI=1S/C28H35N5O4.CH4/c1-27(2,29)25(35)30-22(18-37-17-21-12-8-5-9-13-21)24(34)33-15-14-23-28(19-33,26(36)32(3)31-23)16-20-10-6-4-7-11-20;/h4-13,22H,14-19,29H2,1-3H3,(H,30,35);1H4. The van der Waals surface area contributed by atoms with Gasteiger partial charge >= 0.3 is 0 Å². The second kappa shape index (κ2) is 11.9. The molecule has 2 aliphatic heterocycles. The van der Waals surface area contributed by atoms with Gasteiger partial charge in [0.2, 0.25) is 11.8 Å². The Morgan fingerprint density at radius 3 is 2.32 bits per heavy atom. The minimum absolute atomic E-state index is 0. The minimum atomic E-state index is -1.17. The first kappa shape index (κ1) is 29.0. The first-order valence-electron chi connectivity index (χ1n) is 12.5. The number of piperidine rings is 1. The molecule has 4 rings (SSSR count). The molecule has 38 heavy (non-hydrogen) atoms. The maximum atomic E-state index is 13.8. The van der Waals surface area contributed by atoms with Crippen molar-refractivity contribution in [1.29, 1.82) is 0 Å². The normalized spacial score (nSPS) is 19.8. The third-order valence-corrected chi connectivity index (χ3v) is 6.85. The Kier molecular flexibility index (Phi) is 9.06. The van der Waals surface area contributed by atoms with E-state index in [2.05, 4.69) is 10.4 Å². The molecule has 1 fully saturated rings. The van der Waals surface area contributed by atoms with E-state index in [-0.39, 0.29) is 32.4 Å². The summed E-state index contributed by atoms with van der Waals surface area (Å²) in [6.07, 6.45) is 0.916. The largest absolute Gasteiger partial charge is 0.374 e. The monoisotopic (exact) mass is 521 g/mol. The van der Waals surface area contributed by atoms with Crippen LogP contribution in [0.3, 0.4) is 0 Å². The van der Waals surface area contributed by atoms with Crippen molar-refractivity contribution in [1.82, 2.24) is 15.2 Å². The summed E-state index contributed by atoms with van der Waals surface area (Å²) in [6, 6.07) is 18.4. The Labute approximate surface area is 225 Å². The van der Waals surface area contributed by atoms with Crippen molar-refractivity contribution in [2.75, 3.05) is 26.7 Å². The summed E-state index contributed by atoms with van der Waals surface area (Å²) in [5.41, 5.74) is 6.63. The van der Waals surface area contributed by atoms with Crippen molar-refractivity contribution in [3.05, 3.63) is 71.8 Å². The SMILES string of the molecule is C.CN1N=C2CCN(C(=O)C(COCc3ccccc3)NC(=O)C(C)(C)N)CC2(Cc2ccccc2)C1=O. The molecule has 2 unspecified atom stereocenters. The Balaban J connectivity index is 0.00000400. The molecular formula is C29H39N5O4. The number of hydrogen-bond acceptors (Lipinski definition) is 6. The van der Waals surface area contributed by atoms with E-state index in [4.69, 9.17) is 10.5 Å². The summed E-state index contributed by atoms with van der Waals surface area (Å²) in [4.78, 5) is 41.6. The minimum Gasteiger partial charge on any atom is -0.374 e. The van der Waals surface area contributed by atoms with Gasteiger partial charge in [0.25, 0.3) is 5.91 Å². The number of rotatable bonds is 9. The summed E-state index contributed by atoms with van der Waals surface area (Å²) >= 11 is 0. The van der Waals surface area contributed by atoms with Crippen LogP contribution in [0.2, 0.25) is 0 Å². The van der Waals surface area contributed by atoms with Crippen LogP contribution in [0.1, 0.15) is 38.8 Å². The third-order valence-electron chi connectivity index (χ3n) is 6.85. The molecule has 3 N–H and O–H groups in total. The highest BCUT2D eigenvalue weighted by Crippen LogP contribution is 2.38. The van der Waals surface area contributed by atoms with Crippen LogP contribution in [0.5, 0.6) is 0 Å². The van der Waals surface area contributed by atoms with Gasteiger partial charge in [-0.1, -0.05) is 68.1 Å². The molecule has 0 bridgehead atoms. The zero-order valence-electron chi connectivity index (χ0n) is 21.6. The van der Waals surface area contributed by atoms with Crippen LogP contribution in [0.25, 0.3) is 0 Å². The maximum Gasteiger partial charge on any atom is 0.256 e. The van der Waals surface area contributed by atoms with Gasteiger partial charge in [0.15, 0.2) is 0 Å². The fourth-order valence-electron chi connectivity index (χ4n) is 4.82. The van der Waals surface area contributed by atoms with Crippen LogP contribution in [0, 0.1) is 5.41 Å². The number of benzene rings is 2. The topological polar surface area (TPSA) is 117 Å². The molecule has 2 heterocycles. The predicted molar refractivity (Wildman–Crippen MR) is 147 cm³/mol. The number of nitrogens with two attached hydrogens (primary N) is 1. The van der Waals surface area contributed by atoms with Crippen LogP contribution in [-0.4, -0.2) is 71.7 Å². The number of likely N-dealkylation sites (tertiary alicyclic amines) is 1. The van der Waals surface area contributed by atoms with Gasteiger partial charge in [-0.15, -0.1) is 0 Å². The number of fused-ring (bicyclic) bond motifs is 1. The summed E-state index contributed by atoms with van der Waals surface area (Å²) < 4.78 is 5.85. The van der Waals surface area contributed by atoms with Crippen molar-refractivity contribution in [3.63, 3.8) is 0 Å². The zero-order chi connectivity index (χ0) is 26.6. The summed E-state index contributed by atoms with van der Waals surface area (Å²) in [5.74, 6) is -0.892. The molecule has 2 aliphatic rings. The number of amides is 3. The lowest BCUT2D eigenvalue weighted by molar-refractivity contribution is -0.143. The van der Waals surface area contributed by atoms with Crippen molar-refractivity contribution in [3.8, 4) is 0 Å². The average Bonchev–Trinajstić information content (AvgIpc) is 3.12. The number of carbonyl (C=O) groups excluding carboxylic acids is 3. The van der Waals surface area contributed by atoms with Gasteiger partial charge in [0.1, 0.15) is 11.5 Å².